The summed E-state index contributed by atoms with van der Waals surface area (Å²) in [5.41, 5.74) is -2.77. The molecule has 2 aliphatic rings. The third-order valence-corrected chi connectivity index (χ3v) is 8.70. The van der Waals surface area contributed by atoms with Gasteiger partial charge in [0.05, 0.1) is 0 Å². The van der Waals surface area contributed by atoms with Gasteiger partial charge in [0.25, 0.3) is 0 Å². The van der Waals surface area contributed by atoms with Crippen molar-refractivity contribution in [2.75, 3.05) is 0 Å². The highest BCUT2D eigenvalue weighted by Crippen LogP contribution is 2.43. The zero-order valence-electron chi connectivity index (χ0n) is 29.1. The maximum Gasteiger partial charge on any atom is 0.323 e. The molecule has 0 radical (unpaired) electrons. The molecule has 0 atom stereocenters. The van der Waals surface area contributed by atoms with Crippen LogP contribution in [0.1, 0.15) is 154 Å². The molecule has 2 rings (SSSR count). The zero-order chi connectivity index (χ0) is 32.7. The molecule has 0 aliphatic carbocycles. The molecule has 0 bridgehead atoms. The Morgan fingerprint density at radius 1 is 0.738 bits per heavy atom. The summed E-state index contributed by atoms with van der Waals surface area (Å²) in [6, 6.07) is 0. The second-order valence-electron chi connectivity index (χ2n) is 15.4. The quantitative estimate of drug-likeness (QED) is 0.140. The molecule has 8 heteroatoms. The van der Waals surface area contributed by atoms with Crippen LogP contribution in [0, 0.1) is 5.41 Å². The van der Waals surface area contributed by atoms with E-state index in [4.69, 9.17) is 9.47 Å². The fourth-order valence-electron chi connectivity index (χ4n) is 6.84. The predicted octanol–water partition coefficient (Wildman–Crippen LogP) is 8.23. The van der Waals surface area contributed by atoms with E-state index < -0.39 is 51.7 Å². The van der Waals surface area contributed by atoms with Crippen molar-refractivity contribution < 1.29 is 29.5 Å². The van der Waals surface area contributed by atoms with Crippen LogP contribution in [-0.2, 0) is 19.1 Å². The van der Waals surface area contributed by atoms with E-state index in [1.807, 2.05) is 69.2 Å². The second-order valence-corrected chi connectivity index (χ2v) is 15.4. The Bertz CT molecular complexity index is 818. The summed E-state index contributed by atoms with van der Waals surface area (Å²) in [4.78, 5) is 28.3. The van der Waals surface area contributed by atoms with Gasteiger partial charge in [0.1, 0.15) is 12.2 Å². The summed E-state index contributed by atoms with van der Waals surface area (Å²) in [6.07, 6.45) is 5.76. The van der Waals surface area contributed by atoms with Crippen molar-refractivity contribution in [1.82, 2.24) is 10.1 Å². The van der Waals surface area contributed by atoms with Crippen molar-refractivity contribution in [3.63, 3.8) is 0 Å². The number of ether oxygens (including phenoxy) is 2. The Morgan fingerprint density at radius 2 is 1.05 bits per heavy atom. The Labute approximate surface area is 257 Å². The minimum atomic E-state index is -1.42. The minimum Gasteiger partial charge on any atom is -0.461 e. The average molecular weight is 597 g/mol. The van der Waals surface area contributed by atoms with Gasteiger partial charge >= 0.3 is 11.9 Å². The van der Waals surface area contributed by atoms with Crippen LogP contribution in [0.4, 0.5) is 0 Å². The number of hydrogen-bond donors (Lipinski definition) is 2. The Balaban J connectivity index is 0.00000281. The minimum absolute atomic E-state index is 0.328. The van der Waals surface area contributed by atoms with Crippen molar-refractivity contribution >= 4 is 11.9 Å². The van der Waals surface area contributed by atoms with E-state index in [-0.39, 0.29) is 0 Å². The summed E-state index contributed by atoms with van der Waals surface area (Å²) in [6.45, 7) is 27.7. The molecule has 2 saturated heterocycles. The van der Waals surface area contributed by atoms with Gasteiger partial charge in [-0.1, -0.05) is 45.6 Å². The van der Waals surface area contributed by atoms with Gasteiger partial charge in [-0.15, -0.1) is 6.58 Å². The lowest BCUT2D eigenvalue weighted by molar-refractivity contribution is -0.263. The fourth-order valence-corrected chi connectivity index (χ4v) is 6.84. The summed E-state index contributed by atoms with van der Waals surface area (Å²) < 4.78 is 12.4. The lowest BCUT2D eigenvalue weighted by Gasteiger charge is -2.51. The number of carbonyl (C=O) groups is 2. The normalized spacial score (nSPS) is 22.5. The molecule has 42 heavy (non-hydrogen) atoms. The van der Waals surface area contributed by atoms with Crippen molar-refractivity contribution in [1.29, 1.82) is 0 Å². The Hall–Kier alpha value is -1.48. The number of carbonyl (C=O) groups excluding carboxylic acids is 2. The van der Waals surface area contributed by atoms with Gasteiger partial charge in [0.15, 0.2) is 5.41 Å². The van der Waals surface area contributed by atoms with Gasteiger partial charge in [-0.25, -0.2) is 0 Å². The van der Waals surface area contributed by atoms with Gasteiger partial charge in [-0.05, 0) is 88.0 Å². The number of hydrogen-bond acceptors (Lipinski definition) is 8. The molecule has 2 fully saturated rings. The molecular formula is C34H64N2O6. The van der Waals surface area contributed by atoms with Crippen LogP contribution in [0.2, 0.25) is 0 Å². The molecular weight excluding hydrogens is 532 g/mol. The first kappa shape index (κ1) is 38.5. The van der Waals surface area contributed by atoms with E-state index in [0.29, 0.717) is 57.8 Å². The molecule has 0 unspecified atom stereocenters. The predicted molar refractivity (Wildman–Crippen MR) is 168 cm³/mol. The Morgan fingerprint density at radius 3 is 1.33 bits per heavy atom. The van der Waals surface area contributed by atoms with Gasteiger partial charge in [-0.2, -0.15) is 10.1 Å². The Kier molecular flexibility index (Phi) is 13.8. The van der Waals surface area contributed by atoms with E-state index in [0.717, 1.165) is 12.0 Å². The van der Waals surface area contributed by atoms with Crippen molar-refractivity contribution in [2.24, 2.45) is 5.41 Å². The maximum atomic E-state index is 14.1. The van der Waals surface area contributed by atoms with E-state index in [1.54, 1.807) is 0 Å². The monoisotopic (exact) mass is 596 g/mol. The zero-order valence-corrected chi connectivity index (χ0v) is 29.1. The number of esters is 2. The third kappa shape index (κ3) is 9.76. The summed E-state index contributed by atoms with van der Waals surface area (Å²) in [7, 11) is 0. The highest BCUT2D eigenvalue weighted by molar-refractivity contribution is 6.00. The van der Waals surface area contributed by atoms with Crippen LogP contribution in [0.3, 0.4) is 0 Å². The van der Waals surface area contributed by atoms with Crippen LogP contribution in [0.15, 0.2) is 12.2 Å². The second kappa shape index (κ2) is 15.0. The number of allylic oxidation sites excluding steroid dienone is 1. The molecule has 2 N–H and O–H groups in total. The lowest BCUT2D eigenvalue weighted by Crippen LogP contribution is -2.61. The van der Waals surface area contributed by atoms with Crippen LogP contribution in [-0.4, -0.2) is 66.8 Å². The number of piperidine rings is 2. The first-order valence-electron chi connectivity index (χ1n) is 16.2. The van der Waals surface area contributed by atoms with Gasteiger partial charge in [-0.3, -0.25) is 9.59 Å². The van der Waals surface area contributed by atoms with Crippen molar-refractivity contribution in [3.05, 3.63) is 12.2 Å². The summed E-state index contributed by atoms with van der Waals surface area (Å²) in [5, 5.41) is 24.2. The third-order valence-electron chi connectivity index (χ3n) is 8.70. The molecule has 246 valence electrons. The number of hydroxylamine groups is 4. The number of rotatable bonds is 11. The molecule has 0 spiro atoms. The molecule has 0 aromatic rings. The molecule has 2 heterocycles. The average Bonchev–Trinajstić information content (AvgIpc) is 2.82. The van der Waals surface area contributed by atoms with Crippen LogP contribution in [0.5, 0.6) is 0 Å². The molecule has 0 aromatic carbocycles. The largest absolute Gasteiger partial charge is 0.461 e. The maximum absolute atomic E-state index is 14.1. The van der Waals surface area contributed by atoms with E-state index in [9.17, 15) is 20.0 Å². The lowest BCUT2D eigenvalue weighted by atomic mass is 9.76. The van der Waals surface area contributed by atoms with Crippen LogP contribution < -0.4 is 0 Å². The van der Waals surface area contributed by atoms with Crippen LogP contribution >= 0.6 is 0 Å². The van der Waals surface area contributed by atoms with E-state index in [1.165, 1.54) is 16.5 Å². The molecule has 0 aromatic heterocycles. The topological polar surface area (TPSA) is 99.5 Å². The van der Waals surface area contributed by atoms with Gasteiger partial charge < -0.3 is 19.9 Å². The molecule has 0 amide bonds. The molecule has 8 nitrogen and oxygen atoms in total. The first-order chi connectivity index (χ1) is 19.1. The fraction of sp³-hybridized carbons (Fsp3) is 0.882. The van der Waals surface area contributed by atoms with Gasteiger partial charge in [0.2, 0.25) is 0 Å². The highest BCUT2D eigenvalue weighted by atomic mass is 16.6. The summed E-state index contributed by atoms with van der Waals surface area (Å²) >= 11 is 0. The smallest absolute Gasteiger partial charge is 0.323 e. The first-order valence-corrected chi connectivity index (χ1v) is 16.2. The summed E-state index contributed by atoms with van der Waals surface area (Å²) in [5.74, 6) is -1.05. The standard InChI is InChI=1S/C31H56N2O6.C3H8/c1-12-13-16-31(17-14-15-22(2)3,25(34)38-23-18-27(4,5)32(36)28(6,7)19-23)26(35)39-24-20-29(8,9)33(37)30(10,11)21-24;1-3-2/h23-24,36-37H,2,12-21H2,1,3-11H3;3H2,1-2H3. The van der Waals surface area contributed by atoms with E-state index in [2.05, 4.69) is 20.4 Å². The van der Waals surface area contributed by atoms with E-state index >= 15 is 0 Å². The highest BCUT2D eigenvalue weighted by Gasteiger charge is 2.53. The molecule has 0 saturated carbocycles. The van der Waals surface area contributed by atoms with Gasteiger partial charge in [0, 0.05) is 47.8 Å². The van der Waals surface area contributed by atoms with Crippen LogP contribution in [0.25, 0.3) is 0 Å². The molecule has 2 aliphatic heterocycles. The SMILES string of the molecule is C=C(C)CCCC(CCCC)(C(=O)OC1CC(C)(C)N(O)C(C)(C)C1)C(=O)OC1CC(C)(C)N(O)C(C)(C)C1.CCC. The number of nitrogens with zero attached hydrogens (tertiary/aromatic N) is 2. The van der Waals surface area contributed by atoms with Crippen molar-refractivity contribution in [3.8, 4) is 0 Å². The van der Waals surface area contributed by atoms with Crippen molar-refractivity contribution in [2.45, 2.75) is 188 Å². The number of unbranched alkanes of at least 4 members (excludes halogenated alkanes) is 1.